The molecule has 1 rings (SSSR count). The van der Waals surface area contributed by atoms with Gasteiger partial charge in [-0.3, -0.25) is 4.68 Å². The van der Waals surface area contributed by atoms with Gasteiger partial charge in [0.25, 0.3) is 0 Å². The van der Waals surface area contributed by atoms with Gasteiger partial charge in [0.1, 0.15) is 0 Å². The lowest BCUT2D eigenvalue weighted by Crippen LogP contribution is -2.22. The third-order valence-electron chi connectivity index (χ3n) is 2.74. The van der Waals surface area contributed by atoms with Gasteiger partial charge < -0.3 is 5.73 Å². The molecular weight excluding hydrogens is 186 g/mol. The van der Waals surface area contributed by atoms with E-state index in [4.69, 9.17) is 5.73 Å². The van der Waals surface area contributed by atoms with Gasteiger partial charge in [0.05, 0.1) is 5.69 Å². The highest BCUT2D eigenvalue weighted by Gasteiger charge is 2.19. The Morgan fingerprint density at radius 1 is 1.47 bits per heavy atom. The average molecular weight is 209 g/mol. The number of hydrogen-bond donors (Lipinski definition) is 1. The van der Waals surface area contributed by atoms with Gasteiger partial charge in [-0.25, -0.2) is 0 Å². The molecule has 1 aromatic rings. The van der Waals surface area contributed by atoms with E-state index in [1.54, 1.807) is 0 Å². The molecule has 0 aliphatic carbocycles. The fraction of sp³-hybridized carbons (Fsp3) is 0.750. The summed E-state index contributed by atoms with van der Waals surface area (Å²) >= 11 is 0. The first-order chi connectivity index (χ1) is 6.84. The summed E-state index contributed by atoms with van der Waals surface area (Å²) in [5.74, 6) is 0. The van der Waals surface area contributed by atoms with Crippen LogP contribution in [0, 0.1) is 0 Å². The molecular formula is C12H23N3. The molecule has 1 heterocycles. The second-order valence-electron chi connectivity index (χ2n) is 5.27. The van der Waals surface area contributed by atoms with E-state index in [0.717, 1.165) is 18.5 Å². The lowest BCUT2D eigenvalue weighted by molar-refractivity contribution is 0.548. The van der Waals surface area contributed by atoms with E-state index in [-0.39, 0.29) is 11.5 Å². The molecule has 0 saturated heterocycles. The number of nitrogens with two attached hydrogens (primary N) is 1. The molecule has 1 aromatic heterocycles. The molecule has 0 fully saturated rings. The van der Waals surface area contributed by atoms with Crippen LogP contribution in [0.2, 0.25) is 0 Å². The Morgan fingerprint density at radius 2 is 2.07 bits per heavy atom. The van der Waals surface area contributed by atoms with Crippen LogP contribution < -0.4 is 5.73 Å². The predicted molar refractivity (Wildman–Crippen MR) is 63.9 cm³/mol. The van der Waals surface area contributed by atoms with E-state index in [2.05, 4.69) is 38.9 Å². The molecule has 86 valence electrons. The lowest BCUT2D eigenvalue weighted by Gasteiger charge is -2.13. The summed E-state index contributed by atoms with van der Waals surface area (Å²) < 4.78 is 1.95. The van der Waals surface area contributed by atoms with Crippen LogP contribution in [0.1, 0.15) is 45.5 Å². The summed E-state index contributed by atoms with van der Waals surface area (Å²) in [6.45, 7) is 8.66. The summed E-state index contributed by atoms with van der Waals surface area (Å²) in [5, 5.41) is 4.53. The first-order valence-corrected chi connectivity index (χ1v) is 5.63. The van der Waals surface area contributed by atoms with Crippen LogP contribution in [0.3, 0.4) is 0 Å². The number of hydrogen-bond acceptors (Lipinski definition) is 2. The van der Waals surface area contributed by atoms with E-state index in [0.29, 0.717) is 0 Å². The standard InChI is InChI=1S/C12H23N3/c1-6-9(13)7-10-8-11(12(2,3)4)14-15(10)5/h8-9H,6-7,13H2,1-5H3. The van der Waals surface area contributed by atoms with Gasteiger partial charge in [-0.05, 0) is 12.5 Å². The van der Waals surface area contributed by atoms with Gasteiger partial charge in [0, 0.05) is 30.6 Å². The van der Waals surface area contributed by atoms with Gasteiger partial charge >= 0.3 is 0 Å². The Morgan fingerprint density at radius 3 is 2.47 bits per heavy atom. The Bertz CT molecular complexity index is 320. The van der Waals surface area contributed by atoms with E-state index in [9.17, 15) is 0 Å². The summed E-state index contributed by atoms with van der Waals surface area (Å²) in [7, 11) is 1.99. The Labute approximate surface area is 92.7 Å². The summed E-state index contributed by atoms with van der Waals surface area (Å²) in [6, 6.07) is 2.42. The minimum absolute atomic E-state index is 0.117. The van der Waals surface area contributed by atoms with Crippen molar-refractivity contribution in [3.63, 3.8) is 0 Å². The van der Waals surface area contributed by atoms with Crippen molar-refractivity contribution in [1.29, 1.82) is 0 Å². The number of aromatic nitrogens is 2. The Kier molecular flexibility index (Phi) is 3.55. The number of aryl methyl sites for hydroxylation is 1. The highest BCUT2D eigenvalue weighted by Crippen LogP contribution is 2.21. The molecule has 0 amide bonds. The Balaban J connectivity index is 2.87. The van der Waals surface area contributed by atoms with Crippen molar-refractivity contribution in [3.8, 4) is 0 Å². The smallest absolute Gasteiger partial charge is 0.0680 e. The minimum atomic E-state index is 0.117. The van der Waals surface area contributed by atoms with Crippen molar-refractivity contribution in [2.75, 3.05) is 0 Å². The molecule has 0 aliphatic heterocycles. The topological polar surface area (TPSA) is 43.8 Å². The van der Waals surface area contributed by atoms with Crippen molar-refractivity contribution in [2.24, 2.45) is 12.8 Å². The van der Waals surface area contributed by atoms with Gasteiger partial charge in [-0.2, -0.15) is 5.10 Å². The third-order valence-corrected chi connectivity index (χ3v) is 2.74. The first-order valence-electron chi connectivity index (χ1n) is 5.63. The number of nitrogens with zero attached hydrogens (tertiary/aromatic N) is 2. The van der Waals surface area contributed by atoms with E-state index in [1.165, 1.54) is 5.69 Å². The fourth-order valence-corrected chi connectivity index (χ4v) is 1.48. The second kappa shape index (κ2) is 4.35. The molecule has 3 heteroatoms. The van der Waals surface area contributed by atoms with Crippen molar-refractivity contribution in [2.45, 2.75) is 52.0 Å². The van der Waals surface area contributed by atoms with Crippen LogP contribution in [0.25, 0.3) is 0 Å². The molecule has 1 unspecified atom stereocenters. The molecule has 2 N–H and O–H groups in total. The normalized spacial score (nSPS) is 14.3. The molecule has 0 saturated carbocycles. The predicted octanol–water partition coefficient (Wildman–Crippen LogP) is 2.00. The van der Waals surface area contributed by atoms with Gasteiger partial charge in [-0.15, -0.1) is 0 Å². The highest BCUT2D eigenvalue weighted by molar-refractivity contribution is 5.18. The summed E-state index contributed by atoms with van der Waals surface area (Å²) in [4.78, 5) is 0. The zero-order valence-electron chi connectivity index (χ0n) is 10.5. The second-order valence-corrected chi connectivity index (χ2v) is 5.27. The molecule has 3 nitrogen and oxygen atoms in total. The molecule has 1 atom stereocenters. The monoisotopic (exact) mass is 209 g/mol. The van der Waals surface area contributed by atoms with Crippen LogP contribution in [0.4, 0.5) is 0 Å². The zero-order valence-corrected chi connectivity index (χ0v) is 10.5. The van der Waals surface area contributed by atoms with Crippen molar-refractivity contribution >= 4 is 0 Å². The lowest BCUT2D eigenvalue weighted by atomic mass is 9.92. The van der Waals surface area contributed by atoms with E-state index >= 15 is 0 Å². The van der Waals surface area contributed by atoms with Crippen molar-refractivity contribution < 1.29 is 0 Å². The average Bonchev–Trinajstić information content (AvgIpc) is 2.47. The maximum atomic E-state index is 5.95. The van der Waals surface area contributed by atoms with Crippen LogP contribution in [-0.2, 0) is 18.9 Å². The molecule has 0 bridgehead atoms. The van der Waals surface area contributed by atoms with Crippen molar-refractivity contribution in [1.82, 2.24) is 9.78 Å². The van der Waals surface area contributed by atoms with E-state index in [1.807, 2.05) is 11.7 Å². The Hall–Kier alpha value is -0.830. The molecule has 0 spiro atoms. The first kappa shape index (κ1) is 12.2. The van der Waals surface area contributed by atoms with Gasteiger partial charge in [0.15, 0.2) is 0 Å². The van der Waals surface area contributed by atoms with Crippen LogP contribution in [-0.4, -0.2) is 15.8 Å². The maximum absolute atomic E-state index is 5.95. The molecule has 0 aliphatic rings. The number of rotatable bonds is 3. The molecule has 15 heavy (non-hydrogen) atoms. The summed E-state index contributed by atoms with van der Waals surface area (Å²) in [6.07, 6.45) is 1.92. The highest BCUT2D eigenvalue weighted by atomic mass is 15.3. The van der Waals surface area contributed by atoms with E-state index < -0.39 is 0 Å². The zero-order chi connectivity index (χ0) is 11.6. The minimum Gasteiger partial charge on any atom is -0.327 e. The van der Waals surface area contributed by atoms with Gasteiger partial charge in [-0.1, -0.05) is 27.7 Å². The maximum Gasteiger partial charge on any atom is 0.0680 e. The summed E-state index contributed by atoms with van der Waals surface area (Å²) in [5.41, 5.74) is 8.44. The fourth-order valence-electron chi connectivity index (χ4n) is 1.48. The third kappa shape index (κ3) is 3.06. The molecule has 0 aromatic carbocycles. The SMILES string of the molecule is CCC(N)Cc1cc(C(C)(C)C)nn1C. The quantitative estimate of drug-likeness (QED) is 0.827. The van der Waals surface area contributed by atoms with Crippen LogP contribution in [0.5, 0.6) is 0 Å². The van der Waals surface area contributed by atoms with Crippen LogP contribution >= 0.6 is 0 Å². The largest absolute Gasteiger partial charge is 0.327 e. The van der Waals surface area contributed by atoms with Crippen molar-refractivity contribution in [3.05, 3.63) is 17.5 Å². The van der Waals surface area contributed by atoms with Gasteiger partial charge in [0.2, 0.25) is 0 Å². The molecule has 0 radical (unpaired) electrons. The van der Waals surface area contributed by atoms with Crippen LogP contribution in [0.15, 0.2) is 6.07 Å².